The van der Waals surface area contributed by atoms with Gasteiger partial charge in [-0.3, -0.25) is 0 Å². The largest absolute Gasteiger partial charge is 0.532 e. The smallest absolute Gasteiger partial charge is 0.192 e. The molecular weight excluding hydrogens is 213 g/mol. The molecule has 0 spiro atoms. The van der Waals surface area contributed by atoms with Crippen molar-refractivity contribution in [3.05, 3.63) is 10.6 Å². The molecule has 1 unspecified atom stereocenters. The van der Waals surface area contributed by atoms with Gasteiger partial charge < -0.3 is 0 Å². The van der Waals surface area contributed by atoms with Crippen LogP contribution in [0.15, 0.2) is 10.6 Å². The molecule has 0 amide bonds. The SMILES string of the molecule is CSC(N[P+](=O)S)=C(C#N)C#N. The third-order valence-electron chi connectivity index (χ3n) is 0.852. The highest BCUT2D eigenvalue weighted by atomic mass is 32.7. The Morgan fingerprint density at radius 1 is 1.58 bits per heavy atom. The first kappa shape index (κ1) is 11.3. The Balaban J connectivity index is 4.76. The highest BCUT2D eigenvalue weighted by Gasteiger charge is 2.14. The maximum absolute atomic E-state index is 10.6. The van der Waals surface area contributed by atoms with Gasteiger partial charge in [0, 0.05) is 0 Å². The lowest BCUT2D eigenvalue weighted by molar-refractivity contribution is 0.593. The molecule has 7 heteroatoms. The Bertz CT molecular complexity index is 285. The first-order valence-electron chi connectivity index (χ1n) is 2.67. The number of rotatable bonds is 3. The highest BCUT2D eigenvalue weighted by Crippen LogP contribution is 2.26. The molecule has 0 aliphatic heterocycles. The lowest BCUT2D eigenvalue weighted by Gasteiger charge is -1.94. The molecule has 0 heterocycles. The third kappa shape index (κ3) is 3.64. The van der Waals surface area contributed by atoms with Gasteiger partial charge in [-0.25, -0.2) is 0 Å². The maximum atomic E-state index is 10.6. The number of allylic oxidation sites excluding steroid dienone is 1. The molecule has 0 aliphatic carbocycles. The van der Waals surface area contributed by atoms with Gasteiger partial charge in [0.1, 0.15) is 29.4 Å². The Morgan fingerprint density at radius 3 is 2.33 bits per heavy atom. The van der Waals surface area contributed by atoms with Gasteiger partial charge in [0.15, 0.2) is 5.57 Å². The molecule has 0 aromatic carbocycles. The molecule has 0 bridgehead atoms. The van der Waals surface area contributed by atoms with E-state index in [4.69, 9.17) is 10.5 Å². The van der Waals surface area contributed by atoms with Crippen LogP contribution in [0.4, 0.5) is 0 Å². The minimum atomic E-state index is -1.88. The van der Waals surface area contributed by atoms with Crippen LogP contribution in [0, 0.1) is 22.7 Å². The number of nitrogens with one attached hydrogen (secondary N) is 1. The van der Waals surface area contributed by atoms with E-state index < -0.39 is 7.15 Å². The maximum Gasteiger partial charge on any atom is 0.532 e. The standard InChI is InChI=1S/C5H4N3OPS2/c1-12-5(8-10(9)11)4(2-6)3-7/h1H3,(H-,8,9,11)/p+1. The summed E-state index contributed by atoms with van der Waals surface area (Å²) in [5.41, 5.74) is -0.0834. The van der Waals surface area contributed by atoms with E-state index in [0.717, 1.165) is 11.8 Å². The minimum absolute atomic E-state index is 0.0834. The second-order valence-electron chi connectivity index (χ2n) is 1.52. The molecule has 0 aromatic rings. The molecule has 0 aromatic heterocycles. The van der Waals surface area contributed by atoms with Crippen molar-refractivity contribution in [2.45, 2.75) is 0 Å². The normalized spacial score (nSPS) is 9.17. The monoisotopic (exact) mass is 218 g/mol. The predicted octanol–water partition coefficient (Wildman–Crippen LogP) is 1.78. The Labute approximate surface area is 80.6 Å². The number of hydrogen-bond acceptors (Lipinski definition) is 4. The topological polar surface area (TPSA) is 76.7 Å². The van der Waals surface area contributed by atoms with Crippen molar-refractivity contribution >= 4 is 31.2 Å². The van der Waals surface area contributed by atoms with Crippen LogP contribution in [0.3, 0.4) is 0 Å². The van der Waals surface area contributed by atoms with E-state index in [1.807, 2.05) is 0 Å². The molecular formula is C5H5N3OPS2+. The summed E-state index contributed by atoms with van der Waals surface area (Å²) in [4.78, 5) is 0. The summed E-state index contributed by atoms with van der Waals surface area (Å²) < 4.78 is 10.6. The van der Waals surface area contributed by atoms with Crippen LogP contribution in [-0.2, 0) is 4.57 Å². The number of nitriles is 2. The van der Waals surface area contributed by atoms with Gasteiger partial charge >= 0.3 is 7.15 Å². The van der Waals surface area contributed by atoms with Gasteiger partial charge in [0.2, 0.25) is 0 Å². The van der Waals surface area contributed by atoms with E-state index in [1.165, 1.54) is 0 Å². The number of thiol groups is 1. The molecule has 0 rings (SSSR count). The molecule has 4 nitrogen and oxygen atoms in total. The van der Waals surface area contributed by atoms with Crippen LogP contribution in [0.5, 0.6) is 0 Å². The average Bonchev–Trinajstić information content (AvgIpc) is 2.04. The Hall–Kier alpha value is -0.680. The summed E-state index contributed by atoms with van der Waals surface area (Å²) in [6.07, 6.45) is 1.67. The van der Waals surface area contributed by atoms with Crippen LogP contribution < -0.4 is 5.09 Å². The van der Waals surface area contributed by atoms with Gasteiger partial charge in [-0.15, -0.1) is 11.8 Å². The van der Waals surface area contributed by atoms with Crippen LogP contribution in [0.2, 0.25) is 0 Å². The molecule has 0 fully saturated rings. The van der Waals surface area contributed by atoms with E-state index >= 15 is 0 Å². The second kappa shape index (κ2) is 5.91. The summed E-state index contributed by atoms with van der Waals surface area (Å²) in [5, 5.41) is 19.6. The second-order valence-corrected chi connectivity index (χ2v) is 4.19. The third-order valence-corrected chi connectivity index (χ3v) is 2.43. The zero-order chi connectivity index (χ0) is 9.56. The predicted molar refractivity (Wildman–Crippen MR) is 51.5 cm³/mol. The zero-order valence-corrected chi connectivity index (χ0v) is 8.71. The molecule has 0 radical (unpaired) electrons. The lowest BCUT2D eigenvalue weighted by Crippen LogP contribution is -1.99. The summed E-state index contributed by atoms with van der Waals surface area (Å²) in [7, 11) is -1.88. The first-order valence-corrected chi connectivity index (χ1v) is 6.30. The van der Waals surface area contributed by atoms with Crippen molar-refractivity contribution in [3.8, 4) is 12.1 Å². The van der Waals surface area contributed by atoms with Crippen molar-refractivity contribution in [2.24, 2.45) is 0 Å². The van der Waals surface area contributed by atoms with E-state index in [2.05, 4.69) is 17.3 Å². The molecule has 0 saturated heterocycles. The summed E-state index contributed by atoms with van der Waals surface area (Å²) >= 11 is 4.74. The van der Waals surface area contributed by atoms with Crippen molar-refractivity contribution in [2.75, 3.05) is 6.26 Å². The fraction of sp³-hybridized carbons (Fsp3) is 0.200. The number of thioether (sulfide) groups is 1. The molecule has 1 atom stereocenters. The fourth-order valence-corrected chi connectivity index (χ4v) is 2.11. The van der Waals surface area contributed by atoms with E-state index in [9.17, 15) is 4.57 Å². The quantitative estimate of drug-likeness (QED) is 0.429. The molecule has 0 saturated carbocycles. The van der Waals surface area contributed by atoms with Crippen molar-refractivity contribution in [1.82, 2.24) is 5.09 Å². The fourth-order valence-electron chi connectivity index (χ4n) is 0.417. The highest BCUT2D eigenvalue weighted by molar-refractivity contribution is 8.40. The molecule has 0 aliphatic rings. The first-order chi connectivity index (χ1) is 5.65. The van der Waals surface area contributed by atoms with E-state index in [1.54, 1.807) is 18.4 Å². The van der Waals surface area contributed by atoms with Crippen molar-refractivity contribution < 1.29 is 4.57 Å². The Kier molecular flexibility index (Phi) is 5.57. The zero-order valence-electron chi connectivity index (χ0n) is 6.11. The van der Waals surface area contributed by atoms with Crippen molar-refractivity contribution in [1.29, 1.82) is 10.5 Å². The van der Waals surface area contributed by atoms with Crippen LogP contribution >= 0.6 is 31.2 Å². The van der Waals surface area contributed by atoms with Gasteiger partial charge in [0.05, 0.1) is 0 Å². The Morgan fingerprint density at radius 2 is 2.08 bits per heavy atom. The minimum Gasteiger partial charge on any atom is -0.192 e. The molecule has 1 N–H and O–H groups in total. The van der Waals surface area contributed by atoms with Crippen LogP contribution in [-0.4, -0.2) is 6.26 Å². The lowest BCUT2D eigenvalue weighted by atomic mass is 10.4. The van der Waals surface area contributed by atoms with Gasteiger partial charge in [0.25, 0.3) is 0 Å². The van der Waals surface area contributed by atoms with E-state index in [0.29, 0.717) is 0 Å². The molecule has 12 heavy (non-hydrogen) atoms. The van der Waals surface area contributed by atoms with Crippen molar-refractivity contribution in [3.63, 3.8) is 0 Å². The average molecular weight is 218 g/mol. The van der Waals surface area contributed by atoms with Gasteiger partial charge in [-0.05, 0) is 10.8 Å². The van der Waals surface area contributed by atoms with Gasteiger partial charge in [-0.1, -0.05) is 0 Å². The number of nitrogens with zero attached hydrogens (tertiary/aromatic N) is 2. The van der Waals surface area contributed by atoms with Crippen LogP contribution in [0.1, 0.15) is 0 Å². The van der Waals surface area contributed by atoms with Crippen LogP contribution in [0.25, 0.3) is 0 Å². The van der Waals surface area contributed by atoms with Gasteiger partial charge in [-0.2, -0.15) is 15.6 Å². The summed E-state index contributed by atoms with van der Waals surface area (Å²) in [6.45, 7) is 0. The molecule has 62 valence electrons. The van der Waals surface area contributed by atoms with E-state index in [-0.39, 0.29) is 10.6 Å². The summed E-state index contributed by atoms with van der Waals surface area (Å²) in [6, 6.07) is 3.36. The summed E-state index contributed by atoms with van der Waals surface area (Å²) in [5.74, 6) is 0. The number of hydrogen-bond donors (Lipinski definition) is 2.